The summed E-state index contributed by atoms with van der Waals surface area (Å²) in [7, 11) is 0. The van der Waals surface area contributed by atoms with Crippen LogP contribution in [0.2, 0.25) is 0 Å². The van der Waals surface area contributed by atoms with Gasteiger partial charge in [0.05, 0.1) is 11.1 Å². The third kappa shape index (κ3) is 1.55. The minimum Gasteiger partial charge on any atom is -0.388 e. The Kier molecular flexibility index (Phi) is 2.32. The zero-order valence-corrected chi connectivity index (χ0v) is 9.53. The molecule has 1 aliphatic carbocycles. The van der Waals surface area contributed by atoms with Crippen LogP contribution in [0.25, 0.3) is 0 Å². The maximum Gasteiger partial charge on any atom is 0.0845 e. The molecule has 78 valence electrons. The highest BCUT2D eigenvalue weighted by Crippen LogP contribution is 2.41. The zero-order valence-electron chi connectivity index (χ0n) is 8.71. The van der Waals surface area contributed by atoms with E-state index in [-0.39, 0.29) is 5.54 Å². The molecular formula is C11H17NOS. The fourth-order valence-electron chi connectivity index (χ4n) is 2.18. The number of anilines is 1. The highest BCUT2D eigenvalue weighted by atomic mass is 32.1. The molecule has 0 spiro atoms. The Hall–Kier alpha value is -0.540. The summed E-state index contributed by atoms with van der Waals surface area (Å²) in [5, 5.41) is 17.8. The molecule has 1 fully saturated rings. The molecule has 0 saturated heterocycles. The standard InChI is InChI=1S/C11H17NOS/c1-10(5-3-6-11(10,2)13)12-9-4-7-14-8-9/h4,7-8,12-13H,3,5-6H2,1-2H3. The Morgan fingerprint density at radius 1 is 1.43 bits per heavy atom. The van der Waals surface area contributed by atoms with E-state index in [0.29, 0.717) is 0 Å². The number of rotatable bonds is 2. The van der Waals surface area contributed by atoms with Crippen LogP contribution >= 0.6 is 11.3 Å². The van der Waals surface area contributed by atoms with Crippen molar-refractivity contribution in [2.24, 2.45) is 0 Å². The number of hydrogen-bond donors (Lipinski definition) is 2. The van der Waals surface area contributed by atoms with Crippen LogP contribution in [0.1, 0.15) is 33.1 Å². The average molecular weight is 211 g/mol. The lowest BCUT2D eigenvalue weighted by atomic mass is 9.86. The molecule has 2 atom stereocenters. The van der Waals surface area contributed by atoms with Crippen LogP contribution in [0.4, 0.5) is 5.69 Å². The van der Waals surface area contributed by atoms with Gasteiger partial charge in [-0.15, -0.1) is 0 Å². The highest BCUT2D eigenvalue weighted by Gasteiger charge is 2.47. The first-order valence-corrected chi connectivity index (χ1v) is 6.01. The molecule has 1 aromatic rings. The van der Waals surface area contributed by atoms with E-state index in [1.807, 2.05) is 6.92 Å². The lowest BCUT2D eigenvalue weighted by Crippen LogP contribution is -2.51. The summed E-state index contributed by atoms with van der Waals surface area (Å²) < 4.78 is 0. The summed E-state index contributed by atoms with van der Waals surface area (Å²) in [4.78, 5) is 0. The molecule has 2 unspecified atom stereocenters. The first-order chi connectivity index (χ1) is 6.54. The molecule has 3 heteroatoms. The van der Waals surface area contributed by atoms with Gasteiger partial charge in [0.25, 0.3) is 0 Å². The van der Waals surface area contributed by atoms with Crippen molar-refractivity contribution in [3.8, 4) is 0 Å². The number of aliphatic hydroxyl groups is 1. The zero-order chi connectivity index (χ0) is 10.2. The largest absolute Gasteiger partial charge is 0.388 e. The van der Waals surface area contributed by atoms with Crippen LogP contribution < -0.4 is 5.32 Å². The normalized spacial score (nSPS) is 37.4. The summed E-state index contributed by atoms with van der Waals surface area (Å²) >= 11 is 1.68. The summed E-state index contributed by atoms with van der Waals surface area (Å²) in [6.07, 6.45) is 3.02. The molecule has 1 aromatic heterocycles. The van der Waals surface area contributed by atoms with Crippen LogP contribution in [0, 0.1) is 0 Å². The topological polar surface area (TPSA) is 32.3 Å². The van der Waals surface area contributed by atoms with Crippen LogP contribution in [-0.4, -0.2) is 16.2 Å². The molecule has 0 bridgehead atoms. The predicted molar refractivity (Wildman–Crippen MR) is 60.8 cm³/mol. The molecule has 2 N–H and O–H groups in total. The van der Waals surface area contributed by atoms with Gasteiger partial charge in [0, 0.05) is 11.1 Å². The molecule has 1 aliphatic rings. The second-order valence-electron chi connectivity index (χ2n) is 4.60. The van der Waals surface area contributed by atoms with Crippen molar-refractivity contribution < 1.29 is 5.11 Å². The van der Waals surface area contributed by atoms with Gasteiger partial charge in [0.1, 0.15) is 0 Å². The van der Waals surface area contributed by atoms with Crippen molar-refractivity contribution in [3.63, 3.8) is 0 Å². The fraction of sp³-hybridized carbons (Fsp3) is 0.636. The smallest absolute Gasteiger partial charge is 0.0845 e. The van der Waals surface area contributed by atoms with Crippen molar-refractivity contribution in [3.05, 3.63) is 16.8 Å². The second kappa shape index (κ2) is 3.24. The third-order valence-corrected chi connectivity index (χ3v) is 4.15. The van der Waals surface area contributed by atoms with E-state index in [4.69, 9.17) is 0 Å². The van der Waals surface area contributed by atoms with Crippen molar-refractivity contribution in [2.45, 2.75) is 44.2 Å². The molecule has 1 heterocycles. The van der Waals surface area contributed by atoms with Gasteiger partial charge in [0.15, 0.2) is 0 Å². The number of thiophene rings is 1. The Labute approximate surface area is 89.0 Å². The Morgan fingerprint density at radius 2 is 2.21 bits per heavy atom. The lowest BCUT2D eigenvalue weighted by Gasteiger charge is -2.38. The van der Waals surface area contributed by atoms with Gasteiger partial charge in [-0.05, 0) is 44.6 Å². The molecule has 0 aromatic carbocycles. The van der Waals surface area contributed by atoms with Crippen LogP contribution in [0.15, 0.2) is 16.8 Å². The van der Waals surface area contributed by atoms with Gasteiger partial charge < -0.3 is 10.4 Å². The van der Waals surface area contributed by atoms with Gasteiger partial charge in [-0.2, -0.15) is 11.3 Å². The van der Waals surface area contributed by atoms with E-state index < -0.39 is 5.60 Å². The van der Waals surface area contributed by atoms with E-state index >= 15 is 0 Å². The number of nitrogens with one attached hydrogen (secondary N) is 1. The predicted octanol–water partition coefficient (Wildman–Crippen LogP) is 2.85. The minimum atomic E-state index is -0.588. The van der Waals surface area contributed by atoms with Gasteiger partial charge in [-0.25, -0.2) is 0 Å². The van der Waals surface area contributed by atoms with Gasteiger partial charge >= 0.3 is 0 Å². The van der Waals surface area contributed by atoms with Crippen molar-refractivity contribution in [2.75, 3.05) is 5.32 Å². The Morgan fingerprint density at radius 3 is 2.71 bits per heavy atom. The van der Waals surface area contributed by atoms with Gasteiger partial charge in [-0.3, -0.25) is 0 Å². The molecule has 0 amide bonds. The lowest BCUT2D eigenvalue weighted by molar-refractivity contribution is 0.0204. The van der Waals surface area contributed by atoms with E-state index in [1.165, 1.54) is 0 Å². The molecule has 14 heavy (non-hydrogen) atoms. The van der Waals surface area contributed by atoms with Crippen LogP contribution in [-0.2, 0) is 0 Å². The van der Waals surface area contributed by atoms with Crippen LogP contribution in [0.5, 0.6) is 0 Å². The summed E-state index contributed by atoms with van der Waals surface area (Å²) in [6.45, 7) is 4.04. The first-order valence-electron chi connectivity index (χ1n) is 5.06. The molecule has 2 nitrogen and oxygen atoms in total. The Bertz CT molecular complexity index is 307. The van der Waals surface area contributed by atoms with E-state index in [9.17, 15) is 5.11 Å². The van der Waals surface area contributed by atoms with Gasteiger partial charge in [0.2, 0.25) is 0 Å². The minimum absolute atomic E-state index is 0.173. The second-order valence-corrected chi connectivity index (χ2v) is 5.38. The van der Waals surface area contributed by atoms with Crippen LogP contribution in [0.3, 0.4) is 0 Å². The molecule has 0 radical (unpaired) electrons. The number of hydrogen-bond acceptors (Lipinski definition) is 3. The average Bonchev–Trinajstić information content (AvgIpc) is 2.63. The fourth-order valence-corrected chi connectivity index (χ4v) is 2.77. The SMILES string of the molecule is CC1(O)CCCC1(C)Nc1ccsc1. The van der Waals surface area contributed by atoms with Crippen molar-refractivity contribution in [1.29, 1.82) is 0 Å². The molecular weight excluding hydrogens is 194 g/mol. The van der Waals surface area contributed by atoms with E-state index in [1.54, 1.807) is 11.3 Å². The quantitative estimate of drug-likeness (QED) is 0.788. The van der Waals surface area contributed by atoms with Gasteiger partial charge in [-0.1, -0.05) is 0 Å². The monoisotopic (exact) mass is 211 g/mol. The molecule has 1 saturated carbocycles. The Balaban J connectivity index is 2.17. The first kappa shape index (κ1) is 9.99. The maximum atomic E-state index is 10.3. The van der Waals surface area contributed by atoms with E-state index in [0.717, 1.165) is 24.9 Å². The maximum absolute atomic E-state index is 10.3. The summed E-state index contributed by atoms with van der Waals surface area (Å²) in [5.41, 5.74) is 0.364. The highest BCUT2D eigenvalue weighted by molar-refractivity contribution is 7.08. The molecule has 0 aliphatic heterocycles. The summed E-state index contributed by atoms with van der Waals surface area (Å²) in [5.74, 6) is 0. The van der Waals surface area contributed by atoms with E-state index in [2.05, 4.69) is 29.1 Å². The third-order valence-electron chi connectivity index (χ3n) is 3.47. The summed E-state index contributed by atoms with van der Waals surface area (Å²) in [6, 6.07) is 2.06. The molecule has 2 rings (SSSR count). The van der Waals surface area contributed by atoms with Crippen molar-refractivity contribution in [1.82, 2.24) is 0 Å². The van der Waals surface area contributed by atoms with Crippen molar-refractivity contribution >= 4 is 17.0 Å².